The van der Waals surface area contributed by atoms with Crippen LogP contribution in [0.25, 0.3) is 0 Å². The molecule has 0 unspecified atom stereocenters. The second-order valence-corrected chi connectivity index (χ2v) is 12.2. The average molecular weight is 588 g/mol. The minimum Gasteiger partial charge on any atom is -0.355 e. The van der Waals surface area contributed by atoms with Gasteiger partial charge >= 0.3 is 0 Å². The van der Waals surface area contributed by atoms with Crippen molar-refractivity contribution >= 4 is 50.9 Å². The van der Waals surface area contributed by atoms with Crippen molar-refractivity contribution in [3.8, 4) is 0 Å². The monoisotopic (exact) mass is 587 g/mol. The van der Waals surface area contributed by atoms with Gasteiger partial charge in [0.1, 0.15) is 12.6 Å². The van der Waals surface area contributed by atoms with Crippen molar-refractivity contribution in [1.29, 1.82) is 0 Å². The van der Waals surface area contributed by atoms with Crippen molar-refractivity contribution in [2.45, 2.75) is 49.6 Å². The van der Waals surface area contributed by atoms with Gasteiger partial charge in [0.25, 0.3) is 10.0 Å². The third kappa shape index (κ3) is 7.77. The minimum absolute atomic E-state index is 0.0775. The number of aryl methyl sites for hydroxylation is 1. The first-order chi connectivity index (χ1) is 18.6. The van der Waals surface area contributed by atoms with Gasteiger partial charge in [0.2, 0.25) is 11.8 Å². The zero-order chi connectivity index (χ0) is 28.6. The zero-order valence-electron chi connectivity index (χ0n) is 22.6. The predicted octanol–water partition coefficient (Wildman–Crippen LogP) is 5.51. The molecule has 0 saturated carbocycles. The first-order valence-corrected chi connectivity index (χ1v) is 15.7. The van der Waals surface area contributed by atoms with Gasteiger partial charge in [-0.2, -0.15) is 0 Å². The summed E-state index contributed by atoms with van der Waals surface area (Å²) in [7, 11) is -4.10. The molecule has 0 radical (unpaired) electrons. The van der Waals surface area contributed by atoms with Crippen LogP contribution in [-0.4, -0.2) is 50.5 Å². The standard InChI is InChI=1S/C29H34ClN3O4S2/c1-5-27(29(35)31-6-2)32(19-22-9-11-23(30)12-10-22)28(34)20-33(24-13-7-21(3)8-14-24)39(36,37)26-17-15-25(38-4)16-18-26/h7-18,27H,5-6,19-20H2,1-4H3,(H,31,35)/t27-/m1/s1. The molecule has 3 aromatic carbocycles. The van der Waals surface area contributed by atoms with E-state index in [0.29, 0.717) is 23.7 Å². The van der Waals surface area contributed by atoms with Crippen molar-refractivity contribution in [1.82, 2.24) is 10.2 Å². The number of hydrogen-bond acceptors (Lipinski definition) is 5. The fraction of sp³-hybridized carbons (Fsp3) is 0.310. The molecule has 2 amide bonds. The van der Waals surface area contributed by atoms with E-state index in [0.717, 1.165) is 20.3 Å². The average Bonchev–Trinajstić information content (AvgIpc) is 2.93. The number of amides is 2. The molecule has 0 heterocycles. The molecule has 3 rings (SSSR count). The van der Waals surface area contributed by atoms with Crippen LogP contribution in [0, 0.1) is 6.92 Å². The van der Waals surface area contributed by atoms with Gasteiger partial charge in [0.05, 0.1) is 10.6 Å². The van der Waals surface area contributed by atoms with E-state index in [1.807, 2.05) is 27.0 Å². The highest BCUT2D eigenvalue weighted by molar-refractivity contribution is 7.98. The summed E-state index contributed by atoms with van der Waals surface area (Å²) in [6, 6.07) is 19.7. The lowest BCUT2D eigenvalue weighted by atomic mass is 10.1. The lowest BCUT2D eigenvalue weighted by molar-refractivity contribution is -0.140. The number of hydrogen-bond donors (Lipinski definition) is 1. The van der Waals surface area contributed by atoms with Crippen molar-refractivity contribution in [3.63, 3.8) is 0 Å². The molecule has 10 heteroatoms. The normalized spacial score (nSPS) is 12.0. The molecule has 0 spiro atoms. The van der Waals surface area contributed by atoms with Crippen LogP contribution in [0.5, 0.6) is 0 Å². The van der Waals surface area contributed by atoms with Crippen LogP contribution >= 0.6 is 23.4 Å². The van der Waals surface area contributed by atoms with Gasteiger partial charge in [-0.05, 0) is 80.6 Å². The molecule has 1 atom stereocenters. The molecule has 0 aliphatic heterocycles. The molecule has 3 aromatic rings. The number of nitrogens with one attached hydrogen (secondary N) is 1. The Balaban J connectivity index is 2.04. The molecular formula is C29H34ClN3O4S2. The molecule has 0 aliphatic carbocycles. The van der Waals surface area contributed by atoms with E-state index in [-0.39, 0.29) is 17.3 Å². The molecular weight excluding hydrogens is 554 g/mol. The Morgan fingerprint density at radius 3 is 2.10 bits per heavy atom. The SMILES string of the molecule is CCNC(=O)[C@@H](CC)N(Cc1ccc(Cl)cc1)C(=O)CN(c1ccc(C)cc1)S(=O)(=O)c1ccc(SC)cc1. The number of rotatable bonds is 12. The third-order valence-electron chi connectivity index (χ3n) is 6.25. The zero-order valence-corrected chi connectivity index (χ0v) is 24.9. The summed E-state index contributed by atoms with van der Waals surface area (Å²) in [6.45, 7) is 5.60. The number of thioether (sulfide) groups is 1. The van der Waals surface area contributed by atoms with Gasteiger partial charge in [-0.1, -0.05) is 48.4 Å². The van der Waals surface area contributed by atoms with E-state index in [2.05, 4.69) is 5.32 Å². The molecule has 0 aliphatic rings. The van der Waals surface area contributed by atoms with E-state index in [1.54, 1.807) is 72.8 Å². The van der Waals surface area contributed by atoms with Gasteiger partial charge in [0.15, 0.2) is 0 Å². The number of anilines is 1. The Hall–Kier alpha value is -3.01. The predicted molar refractivity (Wildman–Crippen MR) is 159 cm³/mol. The van der Waals surface area contributed by atoms with E-state index in [1.165, 1.54) is 16.7 Å². The molecule has 0 bridgehead atoms. The first-order valence-electron chi connectivity index (χ1n) is 12.7. The second kappa shape index (κ2) is 13.9. The maximum atomic E-state index is 14.0. The lowest BCUT2D eigenvalue weighted by Gasteiger charge is -2.33. The van der Waals surface area contributed by atoms with Crippen LogP contribution in [-0.2, 0) is 26.2 Å². The summed E-state index contributed by atoms with van der Waals surface area (Å²) in [6.07, 6.45) is 2.27. The highest BCUT2D eigenvalue weighted by atomic mass is 35.5. The fourth-order valence-corrected chi connectivity index (χ4v) is 6.06. The Morgan fingerprint density at radius 2 is 1.56 bits per heavy atom. The number of nitrogens with zero attached hydrogens (tertiary/aromatic N) is 2. The Kier molecular flexibility index (Phi) is 10.9. The molecule has 7 nitrogen and oxygen atoms in total. The number of halogens is 1. The Bertz CT molecular complexity index is 1360. The third-order valence-corrected chi connectivity index (χ3v) is 9.03. The summed E-state index contributed by atoms with van der Waals surface area (Å²) in [5.41, 5.74) is 2.09. The van der Waals surface area contributed by atoms with Crippen LogP contribution < -0.4 is 9.62 Å². The topological polar surface area (TPSA) is 86.8 Å². The lowest BCUT2D eigenvalue weighted by Crippen LogP contribution is -2.52. The van der Waals surface area contributed by atoms with Gasteiger partial charge in [0, 0.05) is 23.0 Å². The summed E-state index contributed by atoms with van der Waals surface area (Å²) in [5.74, 6) is -0.785. The van der Waals surface area contributed by atoms with Crippen LogP contribution in [0.3, 0.4) is 0 Å². The molecule has 0 aromatic heterocycles. The van der Waals surface area contributed by atoms with Crippen molar-refractivity contribution in [2.24, 2.45) is 0 Å². The summed E-state index contributed by atoms with van der Waals surface area (Å²) in [4.78, 5) is 29.4. The summed E-state index contributed by atoms with van der Waals surface area (Å²) >= 11 is 7.56. The first kappa shape index (κ1) is 30.5. The quantitative estimate of drug-likeness (QED) is 0.282. The minimum atomic E-state index is -4.10. The van der Waals surface area contributed by atoms with E-state index < -0.39 is 28.5 Å². The Labute approximate surface area is 240 Å². The summed E-state index contributed by atoms with van der Waals surface area (Å²) < 4.78 is 28.9. The second-order valence-electron chi connectivity index (χ2n) is 8.99. The van der Waals surface area contributed by atoms with E-state index in [4.69, 9.17) is 11.6 Å². The van der Waals surface area contributed by atoms with Gasteiger partial charge in [-0.3, -0.25) is 13.9 Å². The number of sulfonamides is 1. The smallest absolute Gasteiger partial charge is 0.264 e. The number of carbonyl (C=O) groups excluding carboxylic acids is 2. The molecule has 0 fully saturated rings. The Morgan fingerprint density at radius 1 is 0.949 bits per heavy atom. The largest absolute Gasteiger partial charge is 0.355 e. The van der Waals surface area contributed by atoms with Crippen molar-refractivity contribution < 1.29 is 18.0 Å². The maximum Gasteiger partial charge on any atom is 0.264 e. The van der Waals surface area contributed by atoms with Gasteiger partial charge < -0.3 is 10.2 Å². The number of benzene rings is 3. The van der Waals surface area contributed by atoms with E-state index in [9.17, 15) is 18.0 Å². The van der Waals surface area contributed by atoms with Crippen molar-refractivity contribution in [2.75, 3.05) is 23.7 Å². The van der Waals surface area contributed by atoms with Crippen molar-refractivity contribution in [3.05, 3.63) is 88.9 Å². The van der Waals surface area contributed by atoms with Gasteiger partial charge in [-0.25, -0.2) is 8.42 Å². The van der Waals surface area contributed by atoms with Crippen LogP contribution in [0.15, 0.2) is 82.6 Å². The van der Waals surface area contributed by atoms with Crippen LogP contribution in [0.4, 0.5) is 5.69 Å². The number of likely N-dealkylation sites (N-methyl/N-ethyl adjacent to an activating group) is 1. The van der Waals surface area contributed by atoms with E-state index >= 15 is 0 Å². The number of carbonyl (C=O) groups is 2. The molecule has 0 saturated heterocycles. The summed E-state index contributed by atoms with van der Waals surface area (Å²) in [5, 5.41) is 3.35. The highest BCUT2D eigenvalue weighted by Gasteiger charge is 2.33. The molecule has 208 valence electrons. The highest BCUT2D eigenvalue weighted by Crippen LogP contribution is 2.27. The van der Waals surface area contributed by atoms with Crippen LogP contribution in [0.1, 0.15) is 31.4 Å². The molecule has 1 N–H and O–H groups in total. The fourth-order valence-electron chi connectivity index (χ4n) is 4.11. The molecule has 39 heavy (non-hydrogen) atoms. The van der Waals surface area contributed by atoms with Crippen LogP contribution in [0.2, 0.25) is 5.02 Å². The maximum absolute atomic E-state index is 14.0. The van der Waals surface area contributed by atoms with Gasteiger partial charge in [-0.15, -0.1) is 11.8 Å².